The molecule has 3 aliphatic rings. The first-order valence-electron chi connectivity index (χ1n) is 11.6. The first-order valence-corrected chi connectivity index (χ1v) is 11.6. The Kier molecular flexibility index (Phi) is 7.14. The van der Waals surface area contributed by atoms with Crippen LogP contribution in [0.1, 0.15) is 55.3 Å². The van der Waals surface area contributed by atoms with Crippen molar-refractivity contribution in [2.24, 2.45) is 0 Å². The zero-order chi connectivity index (χ0) is 21.8. The molecule has 1 amide bonds. The van der Waals surface area contributed by atoms with Crippen LogP contribution in [0.2, 0.25) is 0 Å². The summed E-state index contributed by atoms with van der Waals surface area (Å²) < 4.78 is 30.4. The monoisotopic (exact) mass is 434 g/mol. The maximum atomic E-state index is 14.0. The van der Waals surface area contributed by atoms with E-state index in [4.69, 9.17) is 14.2 Å². The molecule has 1 saturated carbocycles. The summed E-state index contributed by atoms with van der Waals surface area (Å²) >= 11 is 0. The lowest BCUT2D eigenvalue weighted by atomic mass is 9.69. The van der Waals surface area contributed by atoms with Gasteiger partial charge in [-0.2, -0.15) is 0 Å². The van der Waals surface area contributed by atoms with Crippen molar-refractivity contribution in [2.75, 3.05) is 47.1 Å². The predicted octanol–water partition coefficient (Wildman–Crippen LogP) is 3.49. The van der Waals surface area contributed by atoms with Crippen LogP contribution in [0.15, 0.2) is 18.2 Å². The SMILES string of the molecule is COCCOC1CN(C2CCN(C(=O)c3ccc(OC)c(F)c3)CC2)C12CCCCC2. The first kappa shape index (κ1) is 22.5. The third kappa shape index (κ3) is 4.45. The van der Waals surface area contributed by atoms with Crippen LogP contribution in [0.25, 0.3) is 0 Å². The van der Waals surface area contributed by atoms with Crippen LogP contribution in [0.3, 0.4) is 0 Å². The molecule has 1 atom stereocenters. The number of carbonyl (C=O) groups is 1. The number of benzene rings is 1. The fourth-order valence-corrected chi connectivity index (χ4v) is 5.73. The molecule has 1 aliphatic carbocycles. The summed E-state index contributed by atoms with van der Waals surface area (Å²) in [6, 6.07) is 4.93. The number of hydrogen-bond acceptors (Lipinski definition) is 5. The van der Waals surface area contributed by atoms with Crippen LogP contribution in [-0.2, 0) is 9.47 Å². The molecule has 0 bridgehead atoms. The van der Waals surface area contributed by atoms with Crippen molar-refractivity contribution < 1.29 is 23.4 Å². The summed E-state index contributed by atoms with van der Waals surface area (Å²) in [4.78, 5) is 17.4. The second kappa shape index (κ2) is 9.84. The van der Waals surface area contributed by atoms with E-state index in [2.05, 4.69) is 4.90 Å². The van der Waals surface area contributed by atoms with E-state index in [1.807, 2.05) is 4.90 Å². The Morgan fingerprint density at radius 3 is 2.52 bits per heavy atom. The van der Waals surface area contributed by atoms with Gasteiger partial charge >= 0.3 is 0 Å². The average molecular weight is 435 g/mol. The van der Waals surface area contributed by atoms with Gasteiger partial charge < -0.3 is 19.1 Å². The Hall–Kier alpha value is -1.70. The summed E-state index contributed by atoms with van der Waals surface area (Å²) in [5.74, 6) is -0.438. The van der Waals surface area contributed by atoms with E-state index in [-0.39, 0.29) is 17.2 Å². The third-order valence-electron chi connectivity index (χ3n) is 7.45. The minimum Gasteiger partial charge on any atom is -0.494 e. The molecular formula is C24H35FN2O4. The van der Waals surface area contributed by atoms with Gasteiger partial charge in [0.1, 0.15) is 0 Å². The van der Waals surface area contributed by atoms with E-state index in [1.165, 1.54) is 51.3 Å². The molecule has 1 spiro atoms. The van der Waals surface area contributed by atoms with Gasteiger partial charge in [0.15, 0.2) is 11.6 Å². The number of halogens is 1. The third-order valence-corrected chi connectivity index (χ3v) is 7.45. The minimum atomic E-state index is -0.498. The summed E-state index contributed by atoms with van der Waals surface area (Å²) in [6.45, 7) is 3.69. The molecule has 2 heterocycles. The normalized spacial score (nSPS) is 24.2. The highest BCUT2D eigenvalue weighted by Crippen LogP contribution is 2.47. The van der Waals surface area contributed by atoms with Gasteiger partial charge in [-0.15, -0.1) is 0 Å². The number of hydrogen-bond donors (Lipinski definition) is 0. The Morgan fingerprint density at radius 2 is 1.87 bits per heavy atom. The van der Waals surface area contributed by atoms with Crippen LogP contribution in [-0.4, -0.2) is 80.5 Å². The molecule has 7 heteroatoms. The van der Waals surface area contributed by atoms with Crippen molar-refractivity contribution in [3.63, 3.8) is 0 Å². The van der Waals surface area contributed by atoms with Gasteiger partial charge in [0.25, 0.3) is 5.91 Å². The molecule has 0 radical (unpaired) electrons. The lowest BCUT2D eigenvalue weighted by Gasteiger charge is -2.63. The zero-order valence-corrected chi connectivity index (χ0v) is 18.8. The lowest BCUT2D eigenvalue weighted by molar-refractivity contribution is -0.203. The zero-order valence-electron chi connectivity index (χ0n) is 18.8. The number of amides is 1. The topological polar surface area (TPSA) is 51.2 Å². The van der Waals surface area contributed by atoms with Crippen LogP contribution in [0.5, 0.6) is 5.75 Å². The summed E-state index contributed by atoms with van der Waals surface area (Å²) in [6.07, 6.45) is 8.45. The number of likely N-dealkylation sites (tertiary alicyclic amines) is 2. The van der Waals surface area contributed by atoms with Gasteiger partial charge in [-0.1, -0.05) is 19.3 Å². The quantitative estimate of drug-likeness (QED) is 0.615. The Bertz CT molecular complexity index is 760. The molecule has 6 nitrogen and oxygen atoms in total. The number of piperidine rings is 1. The maximum Gasteiger partial charge on any atom is 0.253 e. The van der Waals surface area contributed by atoms with Gasteiger partial charge in [0, 0.05) is 43.9 Å². The minimum absolute atomic E-state index is 0.100. The maximum absolute atomic E-state index is 14.0. The van der Waals surface area contributed by atoms with Crippen LogP contribution >= 0.6 is 0 Å². The van der Waals surface area contributed by atoms with Crippen molar-refractivity contribution >= 4 is 5.91 Å². The molecule has 3 fully saturated rings. The highest BCUT2D eigenvalue weighted by Gasteiger charge is 2.56. The molecular weight excluding hydrogens is 399 g/mol. The standard InChI is InChI=1S/C24H35FN2O4/c1-29-14-15-31-22-17-27(24(22)10-4-3-5-11-24)19-8-12-26(13-9-19)23(28)18-6-7-21(30-2)20(25)16-18/h6-7,16,19,22H,3-5,8-15,17H2,1-2H3. The number of ether oxygens (including phenoxy) is 3. The van der Waals surface area contributed by atoms with Gasteiger partial charge in [0.05, 0.1) is 26.4 Å². The number of carbonyl (C=O) groups excluding carboxylic acids is 1. The van der Waals surface area contributed by atoms with Gasteiger partial charge in [-0.3, -0.25) is 9.69 Å². The van der Waals surface area contributed by atoms with Crippen molar-refractivity contribution in [2.45, 2.75) is 62.6 Å². The highest BCUT2D eigenvalue weighted by atomic mass is 19.1. The summed E-state index contributed by atoms with van der Waals surface area (Å²) in [5, 5.41) is 0. The Labute approximate surface area is 184 Å². The van der Waals surface area contributed by atoms with Crippen molar-refractivity contribution in [3.05, 3.63) is 29.6 Å². The average Bonchev–Trinajstić information content (AvgIpc) is 2.81. The van der Waals surface area contributed by atoms with Crippen molar-refractivity contribution in [1.82, 2.24) is 9.80 Å². The first-order chi connectivity index (χ1) is 15.1. The molecule has 1 aromatic carbocycles. The second-order valence-electron chi connectivity index (χ2n) is 9.04. The molecule has 172 valence electrons. The Balaban J connectivity index is 1.35. The molecule has 31 heavy (non-hydrogen) atoms. The lowest BCUT2D eigenvalue weighted by Crippen LogP contribution is -2.75. The fourth-order valence-electron chi connectivity index (χ4n) is 5.73. The smallest absolute Gasteiger partial charge is 0.253 e. The van der Waals surface area contributed by atoms with Crippen LogP contribution in [0, 0.1) is 5.82 Å². The van der Waals surface area contributed by atoms with E-state index in [1.54, 1.807) is 13.2 Å². The molecule has 1 unspecified atom stereocenters. The second-order valence-corrected chi connectivity index (χ2v) is 9.04. The number of nitrogens with zero attached hydrogens (tertiary/aromatic N) is 2. The van der Waals surface area contributed by atoms with E-state index in [9.17, 15) is 9.18 Å². The van der Waals surface area contributed by atoms with Crippen LogP contribution < -0.4 is 4.74 Å². The van der Waals surface area contributed by atoms with Gasteiger partial charge in [0.2, 0.25) is 0 Å². The van der Waals surface area contributed by atoms with E-state index < -0.39 is 5.82 Å². The molecule has 1 aromatic rings. The van der Waals surface area contributed by atoms with E-state index in [0.717, 1.165) is 19.4 Å². The molecule has 4 rings (SSSR count). The molecule has 2 saturated heterocycles. The Morgan fingerprint density at radius 1 is 1.13 bits per heavy atom. The number of methoxy groups -OCH3 is 2. The van der Waals surface area contributed by atoms with Gasteiger partial charge in [-0.25, -0.2) is 4.39 Å². The number of rotatable bonds is 7. The molecule has 0 N–H and O–H groups in total. The summed E-state index contributed by atoms with van der Waals surface area (Å²) in [5.41, 5.74) is 0.554. The van der Waals surface area contributed by atoms with Gasteiger partial charge in [-0.05, 0) is 43.9 Å². The highest BCUT2D eigenvalue weighted by molar-refractivity contribution is 5.94. The fraction of sp³-hybridized carbons (Fsp3) is 0.708. The van der Waals surface area contributed by atoms with Crippen molar-refractivity contribution in [1.29, 1.82) is 0 Å². The molecule has 0 aromatic heterocycles. The van der Waals surface area contributed by atoms with Crippen molar-refractivity contribution in [3.8, 4) is 5.75 Å². The predicted molar refractivity (Wildman–Crippen MR) is 116 cm³/mol. The van der Waals surface area contributed by atoms with E-state index in [0.29, 0.717) is 44.0 Å². The van der Waals surface area contributed by atoms with E-state index >= 15 is 0 Å². The molecule has 2 aliphatic heterocycles. The largest absolute Gasteiger partial charge is 0.494 e. The summed E-state index contributed by atoms with van der Waals surface area (Å²) in [7, 11) is 3.13. The van der Waals surface area contributed by atoms with Crippen LogP contribution in [0.4, 0.5) is 4.39 Å².